The van der Waals surface area contributed by atoms with Crippen LogP contribution < -0.4 is 0 Å². The fraction of sp³-hybridized carbons (Fsp3) is 0.818. The van der Waals surface area contributed by atoms with Crippen molar-refractivity contribution in [3.05, 3.63) is 0 Å². The van der Waals surface area contributed by atoms with Crippen LogP contribution in [0.15, 0.2) is 0 Å². The van der Waals surface area contributed by atoms with E-state index in [0.29, 0.717) is 13.0 Å². The van der Waals surface area contributed by atoms with Crippen molar-refractivity contribution in [1.29, 1.82) is 0 Å². The minimum Gasteiger partial charge on any atom is -0.468 e. The molecular formula is C11H19NO3. The minimum atomic E-state index is -0.217. The fourth-order valence-corrected chi connectivity index (χ4v) is 2.06. The van der Waals surface area contributed by atoms with E-state index in [0.717, 1.165) is 25.8 Å². The smallest absolute Gasteiger partial charge is 0.319 e. The predicted molar refractivity (Wildman–Crippen MR) is 56.5 cm³/mol. The molecule has 0 amide bonds. The molecule has 0 radical (unpaired) electrons. The summed E-state index contributed by atoms with van der Waals surface area (Å²) in [5, 5.41) is 0. The summed E-state index contributed by atoms with van der Waals surface area (Å²) in [6.45, 7) is 2.81. The molecule has 0 aromatic heterocycles. The van der Waals surface area contributed by atoms with Gasteiger partial charge in [0.1, 0.15) is 5.78 Å². The Morgan fingerprint density at radius 3 is 2.73 bits per heavy atom. The second-order valence-electron chi connectivity index (χ2n) is 4.10. The lowest BCUT2D eigenvalue weighted by Crippen LogP contribution is -2.43. The van der Waals surface area contributed by atoms with E-state index in [9.17, 15) is 9.59 Å². The van der Waals surface area contributed by atoms with E-state index < -0.39 is 0 Å². The number of likely N-dealkylation sites (tertiary alicyclic amines) is 1. The van der Waals surface area contributed by atoms with Crippen LogP contribution in [0.3, 0.4) is 0 Å². The standard InChI is InChI=1S/C11H19NO3/c1-9(13)7-10-5-3-4-6-12(10)8-11(14)15-2/h10H,3-8H2,1-2H3. The number of ketones is 1. The maximum Gasteiger partial charge on any atom is 0.319 e. The molecule has 1 unspecified atom stereocenters. The summed E-state index contributed by atoms with van der Waals surface area (Å²) in [6.07, 6.45) is 3.81. The number of carbonyl (C=O) groups excluding carboxylic acids is 2. The molecule has 1 rings (SSSR count). The van der Waals surface area contributed by atoms with Crippen molar-refractivity contribution in [2.45, 2.75) is 38.6 Å². The van der Waals surface area contributed by atoms with Gasteiger partial charge in [0.2, 0.25) is 0 Å². The molecule has 1 atom stereocenters. The largest absolute Gasteiger partial charge is 0.468 e. The number of carbonyl (C=O) groups is 2. The zero-order valence-electron chi connectivity index (χ0n) is 9.49. The second-order valence-corrected chi connectivity index (χ2v) is 4.10. The van der Waals surface area contributed by atoms with Gasteiger partial charge in [-0.3, -0.25) is 14.5 Å². The van der Waals surface area contributed by atoms with Crippen LogP contribution in [-0.4, -0.2) is 42.9 Å². The van der Waals surface area contributed by atoms with Gasteiger partial charge in [0, 0.05) is 12.5 Å². The number of hydrogen-bond acceptors (Lipinski definition) is 4. The lowest BCUT2D eigenvalue weighted by Gasteiger charge is -2.34. The maximum atomic E-state index is 11.2. The van der Waals surface area contributed by atoms with Crippen molar-refractivity contribution in [3.63, 3.8) is 0 Å². The van der Waals surface area contributed by atoms with E-state index in [1.54, 1.807) is 6.92 Å². The number of hydrogen-bond donors (Lipinski definition) is 0. The molecule has 1 heterocycles. The molecule has 0 aromatic rings. The molecule has 0 spiro atoms. The fourth-order valence-electron chi connectivity index (χ4n) is 2.06. The number of piperidine rings is 1. The van der Waals surface area contributed by atoms with Crippen LogP contribution >= 0.6 is 0 Å². The Balaban J connectivity index is 2.49. The maximum absolute atomic E-state index is 11.2. The molecule has 0 aliphatic carbocycles. The molecule has 4 heteroatoms. The highest BCUT2D eigenvalue weighted by Crippen LogP contribution is 2.19. The molecule has 0 N–H and O–H groups in total. The number of Topliss-reactive ketones (excluding diaryl/α,β-unsaturated/α-hetero) is 1. The van der Waals surface area contributed by atoms with E-state index in [2.05, 4.69) is 9.64 Å². The first kappa shape index (κ1) is 12.2. The van der Waals surface area contributed by atoms with Crippen molar-refractivity contribution in [2.75, 3.05) is 20.2 Å². The van der Waals surface area contributed by atoms with Gasteiger partial charge >= 0.3 is 5.97 Å². The minimum absolute atomic E-state index is 0.191. The Morgan fingerprint density at radius 2 is 2.13 bits per heavy atom. The van der Waals surface area contributed by atoms with Crippen LogP contribution in [0, 0.1) is 0 Å². The van der Waals surface area contributed by atoms with Gasteiger partial charge in [0.05, 0.1) is 13.7 Å². The van der Waals surface area contributed by atoms with Gasteiger partial charge in [0.15, 0.2) is 0 Å². The average Bonchev–Trinajstić information content (AvgIpc) is 2.20. The summed E-state index contributed by atoms with van der Waals surface area (Å²) in [5.74, 6) is -0.0257. The molecule has 4 nitrogen and oxygen atoms in total. The monoisotopic (exact) mass is 213 g/mol. The number of methoxy groups -OCH3 is 1. The van der Waals surface area contributed by atoms with Gasteiger partial charge in [-0.15, -0.1) is 0 Å². The molecule has 1 fully saturated rings. The highest BCUT2D eigenvalue weighted by molar-refractivity contribution is 5.76. The normalized spacial score (nSPS) is 22.4. The Labute approximate surface area is 90.6 Å². The molecule has 1 saturated heterocycles. The third-order valence-electron chi connectivity index (χ3n) is 2.83. The third kappa shape index (κ3) is 4.00. The van der Waals surface area contributed by atoms with E-state index in [1.165, 1.54) is 7.11 Å². The lowest BCUT2D eigenvalue weighted by molar-refractivity contribution is -0.143. The Bertz CT molecular complexity index is 240. The van der Waals surface area contributed by atoms with Crippen LogP contribution in [0.1, 0.15) is 32.6 Å². The molecule has 86 valence electrons. The summed E-state index contributed by atoms with van der Waals surface area (Å²) in [7, 11) is 1.40. The van der Waals surface area contributed by atoms with Gasteiger partial charge in [-0.1, -0.05) is 6.42 Å². The summed E-state index contributed by atoms with van der Waals surface area (Å²) in [4.78, 5) is 24.3. The van der Waals surface area contributed by atoms with Crippen molar-refractivity contribution in [2.24, 2.45) is 0 Å². The molecule has 1 aliphatic rings. The molecule has 1 aliphatic heterocycles. The number of ether oxygens (including phenoxy) is 1. The van der Waals surface area contributed by atoms with Crippen LogP contribution in [0.5, 0.6) is 0 Å². The summed E-state index contributed by atoms with van der Waals surface area (Å²) in [6, 6.07) is 0.232. The Morgan fingerprint density at radius 1 is 1.40 bits per heavy atom. The van der Waals surface area contributed by atoms with Crippen LogP contribution in [0.25, 0.3) is 0 Å². The van der Waals surface area contributed by atoms with Crippen LogP contribution in [-0.2, 0) is 14.3 Å². The van der Waals surface area contributed by atoms with Crippen molar-refractivity contribution < 1.29 is 14.3 Å². The Kier molecular flexibility index (Phi) is 4.75. The molecule has 0 aromatic carbocycles. The van der Waals surface area contributed by atoms with Crippen molar-refractivity contribution >= 4 is 11.8 Å². The first-order chi connectivity index (χ1) is 7.13. The third-order valence-corrected chi connectivity index (χ3v) is 2.83. The van der Waals surface area contributed by atoms with Crippen molar-refractivity contribution in [3.8, 4) is 0 Å². The van der Waals surface area contributed by atoms with Crippen LogP contribution in [0.4, 0.5) is 0 Å². The zero-order valence-corrected chi connectivity index (χ0v) is 9.49. The van der Waals surface area contributed by atoms with E-state index in [-0.39, 0.29) is 17.8 Å². The Hall–Kier alpha value is -0.900. The highest BCUT2D eigenvalue weighted by atomic mass is 16.5. The summed E-state index contributed by atoms with van der Waals surface area (Å²) < 4.78 is 4.64. The number of esters is 1. The van der Waals surface area contributed by atoms with Gasteiger partial charge in [-0.2, -0.15) is 0 Å². The second kappa shape index (κ2) is 5.85. The van der Waals surface area contributed by atoms with Gasteiger partial charge in [-0.05, 0) is 26.3 Å². The van der Waals surface area contributed by atoms with E-state index >= 15 is 0 Å². The topological polar surface area (TPSA) is 46.6 Å². The summed E-state index contributed by atoms with van der Waals surface area (Å²) >= 11 is 0. The van der Waals surface area contributed by atoms with Gasteiger partial charge in [-0.25, -0.2) is 0 Å². The lowest BCUT2D eigenvalue weighted by atomic mass is 9.98. The number of rotatable bonds is 4. The molecular weight excluding hydrogens is 194 g/mol. The van der Waals surface area contributed by atoms with Crippen molar-refractivity contribution in [1.82, 2.24) is 4.90 Å². The molecule has 0 bridgehead atoms. The zero-order chi connectivity index (χ0) is 11.3. The number of nitrogens with zero attached hydrogens (tertiary/aromatic N) is 1. The first-order valence-electron chi connectivity index (χ1n) is 5.43. The summed E-state index contributed by atoms with van der Waals surface area (Å²) in [5.41, 5.74) is 0. The van der Waals surface area contributed by atoms with E-state index in [1.807, 2.05) is 0 Å². The molecule has 0 saturated carbocycles. The quantitative estimate of drug-likeness (QED) is 0.653. The molecule has 15 heavy (non-hydrogen) atoms. The first-order valence-corrected chi connectivity index (χ1v) is 5.43. The van der Waals surface area contributed by atoms with Gasteiger partial charge in [0.25, 0.3) is 0 Å². The average molecular weight is 213 g/mol. The highest BCUT2D eigenvalue weighted by Gasteiger charge is 2.25. The van der Waals surface area contributed by atoms with Crippen LogP contribution in [0.2, 0.25) is 0 Å². The van der Waals surface area contributed by atoms with Gasteiger partial charge < -0.3 is 4.74 Å². The van der Waals surface area contributed by atoms with E-state index in [4.69, 9.17) is 0 Å². The predicted octanol–water partition coefficient (Wildman–Crippen LogP) is 0.993. The SMILES string of the molecule is COC(=O)CN1CCCCC1CC(C)=O.